The van der Waals surface area contributed by atoms with Crippen molar-refractivity contribution in [3.63, 3.8) is 0 Å². The van der Waals surface area contributed by atoms with Crippen molar-refractivity contribution in [3.8, 4) is 5.75 Å². The lowest BCUT2D eigenvalue weighted by Gasteiger charge is -2.12. The highest BCUT2D eigenvalue weighted by molar-refractivity contribution is 5.65. The third-order valence-corrected chi connectivity index (χ3v) is 3.02. The molecule has 0 saturated heterocycles. The molecule has 0 aliphatic heterocycles. The number of anilines is 3. The minimum Gasteiger partial charge on any atom is -0.497 e. The predicted octanol–water partition coefficient (Wildman–Crippen LogP) is 4.14. The van der Waals surface area contributed by atoms with Crippen LogP contribution >= 0.6 is 0 Å². The molecule has 3 nitrogen and oxygen atoms in total. The summed E-state index contributed by atoms with van der Waals surface area (Å²) < 4.78 is 5.14. The number of nitrogens with two attached hydrogens (primary N) is 1. The first kappa shape index (κ1) is 13.3. The Balaban J connectivity index is 2.22. The van der Waals surface area contributed by atoms with Crippen LogP contribution in [0.15, 0.2) is 42.5 Å². The summed E-state index contributed by atoms with van der Waals surface area (Å²) in [6.45, 7) is 4.32. The van der Waals surface area contributed by atoms with E-state index in [2.05, 4.69) is 25.2 Å². The van der Waals surface area contributed by atoms with E-state index in [1.54, 1.807) is 7.11 Å². The van der Waals surface area contributed by atoms with Gasteiger partial charge in [-0.1, -0.05) is 13.8 Å². The largest absolute Gasteiger partial charge is 0.497 e. The molecule has 0 aliphatic carbocycles. The van der Waals surface area contributed by atoms with E-state index in [-0.39, 0.29) is 0 Å². The second-order valence-corrected chi connectivity index (χ2v) is 4.90. The number of methoxy groups -OCH3 is 1. The van der Waals surface area contributed by atoms with E-state index >= 15 is 0 Å². The molecule has 2 aromatic carbocycles. The quantitative estimate of drug-likeness (QED) is 0.808. The molecule has 19 heavy (non-hydrogen) atoms. The topological polar surface area (TPSA) is 47.3 Å². The van der Waals surface area contributed by atoms with Gasteiger partial charge in [-0.2, -0.15) is 0 Å². The number of nitrogens with one attached hydrogen (secondary N) is 1. The summed E-state index contributed by atoms with van der Waals surface area (Å²) in [4.78, 5) is 0. The highest BCUT2D eigenvalue weighted by Gasteiger charge is 2.03. The number of nitrogen functional groups attached to an aromatic ring is 1. The Hall–Kier alpha value is -2.16. The van der Waals surface area contributed by atoms with Gasteiger partial charge in [-0.3, -0.25) is 0 Å². The van der Waals surface area contributed by atoms with Crippen LogP contribution < -0.4 is 15.8 Å². The first-order valence-electron chi connectivity index (χ1n) is 6.40. The van der Waals surface area contributed by atoms with Crippen molar-refractivity contribution in [3.05, 3.63) is 48.0 Å². The van der Waals surface area contributed by atoms with Crippen LogP contribution in [0, 0.1) is 0 Å². The van der Waals surface area contributed by atoms with Gasteiger partial charge in [-0.15, -0.1) is 0 Å². The molecule has 2 rings (SSSR count). The van der Waals surface area contributed by atoms with E-state index in [4.69, 9.17) is 10.5 Å². The zero-order valence-electron chi connectivity index (χ0n) is 11.6. The molecule has 0 saturated carbocycles. The molecule has 0 atom stereocenters. The number of rotatable bonds is 4. The second-order valence-electron chi connectivity index (χ2n) is 4.90. The van der Waals surface area contributed by atoms with Crippen LogP contribution in [0.5, 0.6) is 5.75 Å². The van der Waals surface area contributed by atoms with Gasteiger partial charge in [0.1, 0.15) is 5.75 Å². The second kappa shape index (κ2) is 5.65. The van der Waals surface area contributed by atoms with Crippen molar-refractivity contribution in [1.82, 2.24) is 0 Å². The molecule has 0 fully saturated rings. The van der Waals surface area contributed by atoms with Gasteiger partial charge in [0.2, 0.25) is 0 Å². The lowest BCUT2D eigenvalue weighted by Crippen LogP contribution is -1.96. The molecule has 0 unspecified atom stereocenters. The molecule has 0 spiro atoms. The molecule has 100 valence electrons. The third kappa shape index (κ3) is 3.41. The van der Waals surface area contributed by atoms with Gasteiger partial charge in [0.05, 0.1) is 7.11 Å². The summed E-state index contributed by atoms with van der Waals surface area (Å²) in [5, 5.41) is 3.36. The van der Waals surface area contributed by atoms with Gasteiger partial charge in [-0.05, 0) is 53.9 Å². The fourth-order valence-corrected chi connectivity index (χ4v) is 1.92. The Morgan fingerprint density at radius 3 is 2.26 bits per heavy atom. The van der Waals surface area contributed by atoms with E-state index in [1.165, 1.54) is 5.56 Å². The molecular formula is C16H20N2O. The fourth-order valence-electron chi connectivity index (χ4n) is 1.92. The number of hydrogen-bond acceptors (Lipinski definition) is 3. The van der Waals surface area contributed by atoms with Crippen molar-refractivity contribution in [1.29, 1.82) is 0 Å². The first-order valence-corrected chi connectivity index (χ1v) is 6.40. The number of benzene rings is 2. The smallest absolute Gasteiger partial charge is 0.119 e. The van der Waals surface area contributed by atoms with Crippen LogP contribution in [0.4, 0.5) is 17.1 Å². The molecular weight excluding hydrogens is 236 g/mol. The van der Waals surface area contributed by atoms with Crippen molar-refractivity contribution in [2.75, 3.05) is 18.2 Å². The van der Waals surface area contributed by atoms with Crippen LogP contribution in [0.2, 0.25) is 0 Å². The number of ether oxygens (including phenoxy) is 1. The van der Waals surface area contributed by atoms with Gasteiger partial charge >= 0.3 is 0 Å². The van der Waals surface area contributed by atoms with Crippen molar-refractivity contribution in [2.24, 2.45) is 0 Å². The highest BCUT2D eigenvalue weighted by atomic mass is 16.5. The van der Waals surface area contributed by atoms with E-state index < -0.39 is 0 Å². The molecule has 0 bridgehead atoms. The standard InChI is InChI=1S/C16H20N2O/c1-11(2)12-8-13(17)10-15(9-12)18-14-4-6-16(19-3)7-5-14/h4-11,18H,17H2,1-3H3. The summed E-state index contributed by atoms with van der Waals surface area (Å²) in [5.74, 6) is 1.31. The SMILES string of the molecule is COc1ccc(Nc2cc(N)cc(C(C)C)c2)cc1. The van der Waals surface area contributed by atoms with Crippen molar-refractivity contribution >= 4 is 17.1 Å². The molecule has 0 amide bonds. The van der Waals surface area contributed by atoms with E-state index in [0.29, 0.717) is 5.92 Å². The summed E-state index contributed by atoms with van der Waals surface area (Å²) in [6.07, 6.45) is 0. The molecule has 0 aromatic heterocycles. The maximum Gasteiger partial charge on any atom is 0.119 e. The predicted molar refractivity (Wildman–Crippen MR) is 81.2 cm³/mol. The molecule has 2 aromatic rings. The van der Waals surface area contributed by atoms with E-state index in [1.807, 2.05) is 36.4 Å². The summed E-state index contributed by atoms with van der Waals surface area (Å²) >= 11 is 0. The molecule has 0 radical (unpaired) electrons. The minimum absolute atomic E-state index is 0.458. The lowest BCUT2D eigenvalue weighted by molar-refractivity contribution is 0.415. The summed E-state index contributed by atoms with van der Waals surface area (Å²) in [5.41, 5.74) is 9.97. The average Bonchev–Trinajstić information content (AvgIpc) is 2.39. The normalized spacial score (nSPS) is 10.5. The summed E-state index contributed by atoms with van der Waals surface area (Å²) in [7, 11) is 1.66. The Kier molecular flexibility index (Phi) is 3.95. The molecule has 0 heterocycles. The van der Waals surface area contributed by atoms with Gasteiger partial charge in [-0.25, -0.2) is 0 Å². The Morgan fingerprint density at radius 2 is 1.68 bits per heavy atom. The Bertz CT molecular complexity index is 547. The Morgan fingerprint density at radius 1 is 1.00 bits per heavy atom. The maximum absolute atomic E-state index is 5.94. The maximum atomic E-state index is 5.94. The van der Waals surface area contributed by atoms with E-state index in [9.17, 15) is 0 Å². The molecule has 0 aliphatic rings. The van der Waals surface area contributed by atoms with Crippen LogP contribution in [0.25, 0.3) is 0 Å². The van der Waals surface area contributed by atoms with Gasteiger partial charge < -0.3 is 15.8 Å². The zero-order valence-corrected chi connectivity index (χ0v) is 11.6. The number of hydrogen-bond donors (Lipinski definition) is 2. The van der Waals surface area contributed by atoms with Crippen molar-refractivity contribution < 1.29 is 4.74 Å². The van der Waals surface area contributed by atoms with Crippen LogP contribution in [-0.4, -0.2) is 7.11 Å². The first-order chi connectivity index (χ1) is 9.08. The van der Waals surface area contributed by atoms with Gasteiger partial charge in [0, 0.05) is 17.1 Å². The fraction of sp³-hybridized carbons (Fsp3) is 0.250. The van der Waals surface area contributed by atoms with E-state index in [0.717, 1.165) is 22.8 Å². The molecule has 3 N–H and O–H groups in total. The van der Waals surface area contributed by atoms with Crippen LogP contribution in [0.3, 0.4) is 0 Å². The van der Waals surface area contributed by atoms with Crippen molar-refractivity contribution in [2.45, 2.75) is 19.8 Å². The lowest BCUT2D eigenvalue weighted by atomic mass is 10.0. The molecule has 3 heteroatoms. The van der Waals surface area contributed by atoms with Crippen LogP contribution in [0.1, 0.15) is 25.3 Å². The monoisotopic (exact) mass is 256 g/mol. The van der Waals surface area contributed by atoms with Gasteiger partial charge in [0.25, 0.3) is 0 Å². The van der Waals surface area contributed by atoms with Crippen LogP contribution in [-0.2, 0) is 0 Å². The minimum atomic E-state index is 0.458. The third-order valence-electron chi connectivity index (χ3n) is 3.02. The average molecular weight is 256 g/mol. The zero-order chi connectivity index (χ0) is 13.8. The highest BCUT2D eigenvalue weighted by Crippen LogP contribution is 2.26. The Labute approximate surface area is 114 Å². The summed E-state index contributed by atoms with van der Waals surface area (Å²) in [6, 6.07) is 13.9. The van der Waals surface area contributed by atoms with Gasteiger partial charge in [0.15, 0.2) is 0 Å².